The van der Waals surface area contributed by atoms with Gasteiger partial charge in [0.05, 0.1) is 5.69 Å². The van der Waals surface area contributed by atoms with Gasteiger partial charge < -0.3 is 10.1 Å². The number of rotatable bonds is 4. The molecule has 2 rings (SSSR count). The maximum atomic E-state index is 12.4. The largest absolute Gasteiger partial charge is 0.573 e. The van der Waals surface area contributed by atoms with Crippen LogP contribution in [-0.2, 0) is 6.54 Å². The molecular weight excluding hydrogens is 417 g/mol. The Morgan fingerprint density at radius 2 is 1.86 bits per heavy atom. The Morgan fingerprint density at radius 3 is 2.52 bits per heavy atom. The number of nitrogens with zero attached hydrogens (tertiary/aromatic N) is 1. The molecule has 21 heavy (non-hydrogen) atoms. The summed E-state index contributed by atoms with van der Waals surface area (Å²) >= 11 is 6.40. The molecule has 0 fully saturated rings. The highest BCUT2D eigenvalue weighted by molar-refractivity contribution is 9.10. The first-order valence-electron chi connectivity index (χ1n) is 5.72. The van der Waals surface area contributed by atoms with Gasteiger partial charge in [0, 0.05) is 27.9 Å². The molecule has 112 valence electrons. The fraction of sp³-hybridized carbons (Fsp3) is 0.154. The summed E-state index contributed by atoms with van der Waals surface area (Å²) in [5.41, 5.74) is 1.07. The van der Waals surface area contributed by atoms with E-state index in [-0.39, 0.29) is 11.4 Å². The van der Waals surface area contributed by atoms with Crippen molar-refractivity contribution in [1.82, 2.24) is 4.98 Å². The Labute approximate surface area is 135 Å². The molecule has 0 atom stereocenters. The van der Waals surface area contributed by atoms with E-state index in [1.807, 2.05) is 6.07 Å². The van der Waals surface area contributed by atoms with Crippen LogP contribution in [0.5, 0.6) is 5.75 Å². The number of benzene rings is 1. The minimum atomic E-state index is -4.74. The van der Waals surface area contributed by atoms with Crippen LogP contribution >= 0.6 is 31.9 Å². The third kappa shape index (κ3) is 5.20. The van der Waals surface area contributed by atoms with E-state index in [4.69, 9.17) is 0 Å². The predicted molar refractivity (Wildman–Crippen MR) is 80.1 cm³/mol. The minimum Gasteiger partial charge on any atom is -0.404 e. The highest BCUT2D eigenvalue weighted by Crippen LogP contribution is 2.33. The molecule has 0 amide bonds. The monoisotopic (exact) mass is 424 g/mol. The second-order valence-corrected chi connectivity index (χ2v) is 5.88. The summed E-state index contributed by atoms with van der Waals surface area (Å²) < 4.78 is 42.5. The van der Waals surface area contributed by atoms with Gasteiger partial charge in [-0.05, 0) is 45.8 Å². The fourth-order valence-electron chi connectivity index (χ4n) is 1.60. The average molecular weight is 426 g/mol. The lowest BCUT2D eigenvalue weighted by molar-refractivity contribution is -0.274. The minimum absolute atomic E-state index is 0.246. The van der Waals surface area contributed by atoms with Crippen molar-refractivity contribution in [2.24, 2.45) is 0 Å². The van der Waals surface area contributed by atoms with Crippen molar-refractivity contribution in [3.8, 4) is 5.75 Å². The van der Waals surface area contributed by atoms with Gasteiger partial charge >= 0.3 is 6.36 Å². The van der Waals surface area contributed by atoms with Gasteiger partial charge in [-0.25, -0.2) is 0 Å². The van der Waals surface area contributed by atoms with Crippen molar-refractivity contribution in [3.63, 3.8) is 0 Å². The first-order chi connectivity index (χ1) is 9.83. The topological polar surface area (TPSA) is 34.1 Å². The molecule has 1 heterocycles. The van der Waals surface area contributed by atoms with E-state index in [0.29, 0.717) is 11.0 Å². The number of pyridine rings is 1. The summed E-state index contributed by atoms with van der Waals surface area (Å²) in [6.07, 6.45) is -1.49. The lowest BCUT2D eigenvalue weighted by atomic mass is 10.2. The number of alkyl halides is 3. The van der Waals surface area contributed by atoms with Crippen molar-refractivity contribution >= 4 is 37.5 Å². The molecule has 0 aliphatic rings. The summed E-state index contributed by atoms with van der Waals surface area (Å²) in [6.45, 7) is 0.322. The van der Waals surface area contributed by atoms with Crippen LogP contribution < -0.4 is 10.1 Å². The molecule has 0 bridgehead atoms. The maximum Gasteiger partial charge on any atom is 0.573 e. The highest BCUT2D eigenvalue weighted by Gasteiger charge is 2.32. The summed E-state index contributed by atoms with van der Waals surface area (Å²) in [6, 6.07) is 6.22. The zero-order valence-corrected chi connectivity index (χ0v) is 13.6. The second kappa shape index (κ2) is 6.65. The van der Waals surface area contributed by atoms with Crippen LogP contribution in [0.15, 0.2) is 45.6 Å². The van der Waals surface area contributed by atoms with Crippen LogP contribution in [-0.4, -0.2) is 11.3 Å². The fourth-order valence-corrected chi connectivity index (χ4v) is 2.35. The van der Waals surface area contributed by atoms with Crippen molar-refractivity contribution in [3.05, 3.63) is 51.2 Å². The van der Waals surface area contributed by atoms with Gasteiger partial charge in [0.2, 0.25) is 0 Å². The quantitative estimate of drug-likeness (QED) is 0.738. The number of hydrogen-bond acceptors (Lipinski definition) is 3. The maximum absolute atomic E-state index is 12.4. The molecule has 1 aromatic carbocycles. The Hall–Kier alpha value is -1.28. The molecular formula is C13H9Br2F3N2O. The van der Waals surface area contributed by atoms with Crippen molar-refractivity contribution in [1.29, 1.82) is 0 Å². The SMILES string of the molecule is FC(F)(F)Oc1cc(Br)ccc1NCc1cncc(Br)c1. The van der Waals surface area contributed by atoms with E-state index in [9.17, 15) is 13.2 Å². The van der Waals surface area contributed by atoms with Crippen molar-refractivity contribution in [2.75, 3.05) is 5.32 Å². The first kappa shape index (κ1) is 16.1. The number of anilines is 1. The van der Waals surface area contributed by atoms with Crippen LogP contribution in [0.25, 0.3) is 0 Å². The summed E-state index contributed by atoms with van der Waals surface area (Å²) in [7, 11) is 0. The molecule has 0 saturated carbocycles. The molecule has 0 saturated heterocycles. The highest BCUT2D eigenvalue weighted by atomic mass is 79.9. The smallest absolute Gasteiger partial charge is 0.404 e. The van der Waals surface area contributed by atoms with E-state index in [1.165, 1.54) is 12.1 Å². The van der Waals surface area contributed by atoms with Gasteiger partial charge in [0.1, 0.15) is 0 Å². The van der Waals surface area contributed by atoms with E-state index in [2.05, 4.69) is 46.9 Å². The van der Waals surface area contributed by atoms with E-state index in [1.54, 1.807) is 18.5 Å². The van der Waals surface area contributed by atoms with Crippen molar-refractivity contribution < 1.29 is 17.9 Å². The number of aromatic nitrogens is 1. The molecule has 8 heteroatoms. The lowest BCUT2D eigenvalue weighted by Crippen LogP contribution is -2.18. The third-order valence-corrected chi connectivity index (χ3v) is 3.34. The number of halogens is 5. The van der Waals surface area contributed by atoms with Crippen LogP contribution in [0, 0.1) is 0 Å². The van der Waals surface area contributed by atoms with Gasteiger partial charge in [0.25, 0.3) is 0 Å². The molecule has 1 N–H and O–H groups in total. The van der Waals surface area contributed by atoms with Crippen LogP contribution in [0.3, 0.4) is 0 Å². The number of ether oxygens (including phenoxy) is 1. The lowest BCUT2D eigenvalue weighted by Gasteiger charge is -2.15. The zero-order chi connectivity index (χ0) is 15.5. The van der Waals surface area contributed by atoms with E-state index in [0.717, 1.165) is 10.0 Å². The Kier molecular flexibility index (Phi) is 5.10. The molecule has 0 unspecified atom stereocenters. The molecule has 0 radical (unpaired) electrons. The predicted octanol–water partition coefficient (Wildman–Crippen LogP) is 5.12. The summed E-state index contributed by atoms with van der Waals surface area (Å²) in [4.78, 5) is 3.99. The molecule has 0 spiro atoms. The normalized spacial score (nSPS) is 11.3. The Balaban J connectivity index is 2.15. The molecule has 0 aliphatic carbocycles. The van der Waals surface area contributed by atoms with Gasteiger partial charge in [-0.1, -0.05) is 15.9 Å². The van der Waals surface area contributed by atoms with Crippen LogP contribution in [0.4, 0.5) is 18.9 Å². The van der Waals surface area contributed by atoms with Gasteiger partial charge in [-0.2, -0.15) is 0 Å². The summed E-state index contributed by atoms with van der Waals surface area (Å²) in [5.74, 6) is -0.292. The van der Waals surface area contributed by atoms with Gasteiger partial charge in [0.15, 0.2) is 5.75 Å². The second-order valence-electron chi connectivity index (χ2n) is 4.05. The Morgan fingerprint density at radius 1 is 1.10 bits per heavy atom. The average Bonchev–Trinajstić information content (AvgIpc) is 2.36. The third-order valence-electron chi connectivity index (χ3n) is 2.41. The van der Waals surface area contributed by atoms with Crippen LogP contribution in [0.1, 0.15) is 5.56 Å². The van der Waals surface area contributed by atoms with Gasteiger partial charge in [-0.15, -0.1) is 13.2 Å². The first-order valence-corrected chi connectivity index (χ1v) is 7.31. The van der Waals surface area contributed by atoms with Crippen LogP contribution in [0.2, 0.25) is 0 Å². The number of hydrogen-bond donors (Lipinski definition) is 1. The Bertz CT molecular complexity index is 635. The molecule has 0 aliphatic heterocycles. The number of nitrogens with one attached hydrogen (secondary N) is 1. The molecule has 2 aromatic rings. The summed E-state index contributed by atoms with van der Waals surface area (Å²) in [5, 5.41) is 2.90. The molecule has 3 nitrogen and oxygen atoms in total. The van der Waals surface area contributed by atoms with E-state index < -0.39 is 6.36 Å². The van der Waals surface area contributed by atoms with E-state index >= 15 is 0 Å². The molecule has 1 aromatic heterocycles. The zero-order valence-electron chi connectivity index (χ0n) is 10.4. The standard InChI is InChI=1S/C13H9Br2F3N2O/c14-9-1-2-11(12(4-9)21-13(16,17)18)20-6-8-3-10(15)7-19-5-8/h1-5,7,20H,6H2. The van der Waals surface area contributed by atoms with Gasteiger partial charge in [-0.3, -0.25) is 4.98 Å². The van der Waals surface area contributed by atoms with Crippen molar-refractivity contribution in [2.45, 2.75) is 12.9 Å².